The van der Waals surface area contributed by atoms with Crippen LogP contribution in [0.4, 0.5) is 13.2 Å². The summed E-state index contributed by atoms with van der Waals surface area (Å²) in [7, 11) is 0. The fourth-order valence-corrected chi connectivity index (χ4v) is 7.66. The molecule has 32 heavy (non-hydrogen) atoms. The zero-order valence-electron chi connectivity index (χ0n) is 18.7. The summed E-state index contributed by atoms with van der Waals surface area (Å²) in [6.07, 6.45) is -3.85. The van der Waals surface area contributed by atoms with Crippen LogP contribution in [0.5, 0.6) is 0 Å². The van der Waals surface area contributed by atoms with Gasteiger partial charge in [0.15, 0.2) is 0 Å². The van der Waals surface area contributed by atoms with Crippen molar-refractivity contribution in [3.8, 4) is 0 Å². The number of ether oxygens (including phenoxy) is 2. The highest BCUT2D eigenvalue weighted by molar-refractivity contribution is 5.87. The molecule has 0 unspecified atom stereocenters. The predicted molar refractivity (Wildman–Crippen MR) is 105 cm³/mol. The number of halogens is 3. The van der Waals surface area contributed by atoms with Crippen molar-refractivity contribution in [2.45, 2.75) is 96.1 Å². The van der Waals surface area contributed by atoms with E-state index in [1.807, 2.05) is 13.8 Å². The van der Waals surface area contributed by atoms with Crippen LogP contribution in [-0.4, -0.2) is 46.8 Å². The zero-order valence-corrected chi connectivity index (χ0v) is 18.7. The number of carbonyl (C=O) groups is 3. The van der Waals surface area contributed by atoms with Crippen molar-refractivity contribution >= 4 is 17.7 Å². The third-order valence-corrected chi connectivity index (χ3v) is 9.31. The molecule has 0 saturated heterocycles. The topological polar surface area (TPSA) is 89.9 Å². The summed E-state index contributed by atoms with van der Waals surface area (Å²) in [5.41, 5.74) is -3.10. The van der Waals surface area contributed by atoms with Gasteiger partial charge in [0.2, 0.25) is 0 Å². The lowest BCUT2D eigenvalue weighted by atomic mass is 9.43. The highest BCUT2D eigenvalue weighted by atomic mass is 19.4. The van der Waals surface area contributed by atoms with Crippen LogP contribution in [0.3, 0.4) is 0 Å². The van der Waals surface area contributed by atoms with E-state index in [1.54, 1.807) is 0 Å². The summed E-state index contributed by atoms with van der Waals surface area (Å²) < 4.78 is 49.5. The van der Waals surface area contributed by atoms with Crippen LogP contribution < -0.4 is 0 Å². The monoisotopic (exact) mass is 460 g/mol. The summed E-state index contributed by atoms with van der Waals surface area (Å²) in [4.78, 5) is 35.9. The minimum absolute atomic E-state index is 0.00610. The van der Waals surface area contributed by atoms with Gasteiger partial charge in [0.1, 0.15) is 23.6 Å². The van der Waals surface area contributed by atoms with Crippen LogP contribution in [0.15, 0.2) is 0 Å². The van der Waals surface area contributed by atoms with Gasteiger partial charge in [-0.3, -0.25) is 9.59 Å². The maximum absolute atomic E-state index is 13.1. The summed E-state index contributed by atoms with van der Waals surface area (Å²) in [6, 6.07) is 0. The molecule has 0 aromatic carbocycles. The molecule has 4 aliphatic rings. The summed E-state index contributed by atoms with van der Waals surface area (Å²) >= 11 is 0. The van der Waals surface area contributed by atoms with Crippen molar-refractivity contribution < 1.29 is 42.1 Å². The summed E-state index contributed by atoms with van der Waals surface area (Å²) in [5, 5.41) is 11.9. The zero-order chi connectivity index (χ0) is 23.7. The predicted octanol–water partition coefficient (Wildman–Crippen LogP) is 3.73. The van der Waals surface area contributed by atoms with E-state index in [0.717, 1.165) is 0 Å². The Balaban J connectivity index is 1.72. The van der Waals surface area contributed by atoms with Crippen molar-refractivity contribution in [2.75, 3.05) is 0 Å². The number of carbonyl (C=O) groups excluding carboxylic acids is 3. The first kappa shape index (κ1) is 23.5. The molecule has 0 amide bonds. The molecule has 4 aliphatic carbocycles. The van der Waals surface area contributed by atoms with Gasteiger partial charge in [-0.2, -0.15) is 13.2 Å². The highest BCUT2D eigenvalue weighted by Gasteiger charge is 2.69. The lowest BCUT2D eigenvalue weighted by molar-refractivity contribution is -0.279. The second-order valence-corrected chi connectivity index (χ2v) is 10.7. The van der Waals surface area contributed by atoms with E-state index >= 15 is 0 Å². The minimum atomic E-state index is -5.18. The Morgan fingerprint density at radius 1 is 1.06 bits per heavy atom. The molecular weight excluding hydrogens is 429 g/mol. The number of alkyl halides is 3. The van der Waals surface area contributed by atoms with E-state index in [9.17, 15) is 32.7 Å². The largest absolute Gasteiger partial charge is 0.490 e. The van der Waals surface area contributed by atoms with Crippen LogP contribution >= 0.6 is 0 Å². The van der Waals surface area contributed by atoms with Gasteiger partial charge in [-0.05, 0) is 56.3 Å². The standard InChI is InChI=1S/C23H31F3O6/c1-12(27)31-13-6-9-21(3)16-7-8-20(2)15(4-5-17(20)28)14(16)10-18(22(21,30)11-13)32-19(29)23(24,25)26/h13-16,18,30H,4-11H2,1-3H3/t13-,14-,15-,16-,18+,20-,21+,22-/m0/s1. The lowest BCUT2D eigenvalue weighted by Crippen LogP contribution is -2.69. The number of ketones is 1. The van der Waals surface area contributed by atoms with E-state index < -0.39 is 46.8 Å². The number of rotatable bonds is 2. The second-order valence-electron chi connectivity index (χ2n) is 10.7. The Bertz CT molecular complexity index is 827. The fraction of sp³-hybridized carbons (Fsp3) is 0.870. The smallest absolute Gasteiger partial charge is 0.462 e. The van der Waals surface area contributed by atoms with E-state index in [4.69, 9.17) is 9.47 Å². The van der Waals surface area contributed by atoms with Crippen molar-refractivity contribution in [3.05, 3.63) is 0 Å². The first-order chi connectivity index (χ1) is 14.7. The number of esters is 2. The van der Waals surface area contributed by atoms with Crippen molar-refractivity contribution in [1.29, 1.82) is 0 Å². The minimum Gasteiger partial charge on any atom is -0.462 e. The molecule has 4 fully saturated rings. The van der Waals surface area contributed by atoms with Crippen LogP contribution in [0.2, 0.25) is 0 Å². The average molecular weight is 460 g/mol. The van der Waals surface area contributed by atoms with Gasteiger partial charge in [-0.15, -0.1) is 0 Å². The normalized spacial score (nSPS) is 46.0. The third kappa shape index (κ3) is 3.37. The molecule has 0 spiro atoms. The first-order valence-corrected chi connectivity index (χ1v) is 11.4. The van der Waals surface area contributed by atoms with Crippen LogP contribution in [0.1, 0.15) is 72.1 Å². The van der Waals surface area contributed by atoms with Gasteiger partial charge < -0.3 is 14.6 Å². The van der Waals surface area contributed by atoms with E-state index in [2.05, 4.69) is 0 Å². The first-order valence-electron chi connectivity index (χ1n) is 11.4. The van der Waals surface area contributed by atoms with Crippen molar-refractivity contribution in [3.63, 3.8) is 0 Å². The molecular formula is C23H31F3O6. The Morgan fingerprint density at radius 2 is 1.75 bits per heavy atom. The van der Waals surface area contributed by atoms with Gasteiger partial charge >= 0.3 is 18.1 Å². The van der Waals surface area contributed by atoms with Crippen LogP contribution in [0, 0.1) is 28.6 Å². The molecule has 6 nitrogen and oxygen atoms in total. The van der Waals surface area contributed by atoms with Gasteiger partial charge in [0.25, 0.3) is 0 Å². The van der Waals surface area contributed by atoms with E-state index in [0.29, 0.717) is 38.5 Å². The van der Waals surface area contributed by atoms with E-state index in [-0.39, 0.29) is 36.4 Å². The van der Waals surface area contributed by atoms with Crippen LogP contribution in [0.25, 0.3) is 0 Å². The van der Waals surface area contributed by atoms with Gasteiger partial charge in [0, 0.05) is 30.6 Å². The third-order valence-electron chi connectivity index (χ3n) is 9.31. The Labute approximate surface area is 185 Å². The maximum Gasteiger partial charge on any atom is 0.490 e. The molecule has 0 aliphatic heterocycles. The van der Waals surface area contributed by atoms with Gasteiger partial charge in [-0.1, -0.05) is 13.8 Å². The Hall–Kier alpha value is -1.64. The SMILES string of the molecule is CC(=O)O[C@H]1CC[C@]2(C)[C@H]3CC[C@]4(C)C(=O)CC[C@H]4[C@@H]3C[C@@H](OC(=O)C(F)(F)F)[C@@]2(O)C1. The fourth-order valence-electron chi connectivity index (χ4n) is 7.66. The molecule has 0 aromatic rings. The molecule has 0 heterocycles. The van der Waals surface area contributed by atoms with Crippen LogP contribution in [-0.2, 0) is 23.9 Å². The highest BCUT2D eigenvalue weighted by Crippen LogP contribution is 2.67. The van der Waals surface area contributed by atoms with Crippen molar-refractivity contribution in [1.82, 2.24) is 0 Å². The molecule has 0 bridgehead atoms. The number of Topliss-reactive ketones (excluding diaryl/α,β-unsaturated/α-hetero) is 1. The molecule has 0 aromatic heterocycles. The number of hydrogen-bond donors (Lipinski definition) is 1. The van der Waals surface area contributed by atoms with Crippen molar-refractivity contribution in [2.24, 2.45) is 28.6 Å². The molecule has 4 rings (SSSR count). The second kappa shape index (κ2) is 7.43. The molecule has 4 saturated carbocycles. The number of hydrogen-bond acceptors (Lipinski definition) is 6. The number of fused-ring (bicyclic) bond motifs is 5. The maximum atomic E-state index is 13.1. The molecule has 0 radical (unpaired) electrons. The molecule has 1 N–H and O–H groups in total. The van der Waals surface area contributed by atoms with Gasteiger partial charge in [0.05, 0.1) is 0 Å². The summed E-state index contributed by atoms with van der Waals surface area (Å²) in [5.74, 6) is -2.81. The van der Waals surface area contributed by atoms with E-state index in [1.165, 1.54) is 6.92 Å². The van der Waals surface area contributed by atoms with Gasteiger partial charge in [-0.25, -0.2) is 4.79 Å². The molecule has 180 valence electrons. The average Bonchev–Trinajstić information content (AvgIpc) is 2.97. The summed E-state index contributed by atoms with van der Waals surface area (Å²) in [6.45, 7) is 5.05. The quantitative estimate of drug-likeness (QED) is 0.632. The Kier molecular flexibility index (Phi) is 5.46. The molecule has 8 atom stereocenters. The number of aliphatic hydroxyl groups is 1. The Morgan fingerprint density at radius 3 is 2.38 bits per heavy atom. The molecule has 9 heteroatoms. The lowest BCUT2D eigenvalue weighted by Gasteiger charge is -2.65.